The first-order valence-corrected chi connectivity index (χ1v) is 23.6. The van der Waals surface area contributed by atoms with Crippen LogP contribution in [0.25, 0.3) is 0 Å². The number of carbonyl (C=O) groups excluding carboxylic acids is 2. The number of hydrogen-bond donors (Lipinski definition) is 1. The molecule has 0 aromatic rings. The van der Waals surface area contributed by atoms with Gasteiger partial charge in [0.2, 0.25) is 0 Å². The van der Waals surface area contributed by atoms with Gasteiger partial charge in [0.25, 0.3) is 0 Å². The van der Waals surface area contributed by atoms with Crippen molar-refractivity contribution in [2.45, 2.75) is 252 Å². The van der Waals surface area contributed by atoms with E-state index in [-0.39, 0.29) is 17.9 Å². The fourth-order valence-corrected chi connectivity index (χ4v) is 8.13. The number of unbranched alkanes of at least 4 members (excludes halogenated alkanes) is 20. The third kappa shape index (κ3) is 29.3. The first-order chi connectivity index (χ1) is 25.5. The van der Waals surface area contributed by atoms with Gasteiger partial charge >= 0.3 is 11.9 Å². The fourth-order valence-electron chi connectivity index (χ4n) is 8.13. The second kappa shape index (κ2) is 36.9. The van der Waals surface area contributed by atoms with Crippen molar-refractivity contribution in [1.29, 1.82) is 0 Å². The van der Waals surface area contributed by atoms with E-state index < -0.39 is 0 Å². The molecule has 0 unspecified atom stereocenters. The minimum Gasteiger partial charge on any atom is -0.465 e. The standard InChI is InChI=1S/C47H91NO4/c1-5-9-13-18-24-30-42(31-25-19-14-10-6-2)40-51-46(49)34-28-22-17-23-29-39-48-45-37-35-44(36-38-45)47(50)52-41-43(32-26-20-15-11-7-3)33-27-21-16-12-8-4/h42-45,48H,5-41H2,1-4H3. The molecule has 0 aromatic heterocycles. The average molecular weight is 734 g/mol. The Hall–Kier alpha value is -1.10. The number of hydrogen-bond acceptors (Lipinski definition) is 5. The van der Waals surface area contributed by atoms with E-state index in [0.29, 0.717) is 37.5 Å². The quantitative estimate of drug-likeness (QED) is 0.0505. The van der Waals surface area contributed by atoms with E-state index in [1.807, 2.05) is 0 Å². The van der Waals surface area contributed by atoms with Crippen molar-refractivity contribution < 1.29 is 19.1 Å². The average Bonchev–Trinajstić information content (AvgIpc) is 3.16. The van der Waals surface area contributed by atoms with E-state index in [1.165, 1.54) is 173 Å². The summed E-state index contributed by atoms with van der Waals surface area (Å²) in [4.78, 5) is 25.5. The second-order valence-corrected chi connectivity index (χ2v) is 16.9. The lowest BCUT2D eigenvalue weighted by Gasteiger charge is -2.28. The SMILES string of the molecule is CCCCCCCC(CCCCCCC)COC(=O)CCCCCCCNC1CCC(C(=O)OCC(CCCCCCC)CCCCCCC)CC1. The number of rotatable bonds is 38. The molecule has 0 amide bonds. The summed E-state index contributed by atoms with van der Waals surface area (Å²) in [5.41, 5.74) is 0. The Kier molecular flexibility index (Phi) is 34.7. The molecule has 0 aromatic carbocycles. The molecule has 1 saturated carbocycles. The zero-order valence-electron chi connectivity index (χ0n) is 35.6. The van der Waals surface area contributed by atoms with Gasteiger partial charge in [-0.15, -0.1) is 0 Å². The van der Waals surface area contributed by atoms with Gasteiger partial charge in [-0.05, 0) is 82.6 Å². The minimum atomic E-state index is 0.0125. The summed E-state index contributed by atoms with van der Waals surface area (Å²) in [6.07, 6.45) is 41.4. The van der Waals surface area contributed by atoms with Crippen molar-refractivity contribution >= 4 is 11.9 Å². The van der Waals surface area contributed by atoms with E-state index in [0.717, 1.165) is 45.1 Å². The maximum Gasteiger partial charge on any atom is 0.308 e. The summed E-state index contributed by atoms with van der Waals surface area (Å²) in [7, 11) is 0. The van der Waals surface area contributed by atoms with Gasteiger partial charge in [-0.2, -0.15) is 0 Å². The smallest absolute Gasteiger partial charge is 0.308 e. The molecule has 0 radical (unpaired) electrons. The van der Waals surface area contributed by atoms with Crippen molar-refractivity contribution in [2.75, 3.05) is 19.8 Å². The van der Waals surface area contributed by atoms with Crippen LogP contribution in [0.4, 0.5) is 0 Å². The summed E-state index contributed by atoms with van der Waals surface area (Å²) in [6.45, 7) is 11.4. The highest BCUT2D eigenvalue weighted by molar-refractivity contribution is 5.72. The first kappa shape index (κ1) is 48.9. The summed E-state index contributed by atoms with van der Waals surface area (Å²) < 4.78 is 11.8. The molecule has 1 aliphatic rings. The topological polar surface area (TPSA) is 64.6 Å². The highest BCUT2D eigenvalue weighted by atomic mass is 16.5. The molecule has 5 heteroatoms. The Morgan fingerprint density at radius 1 is 0.481 bits per heavy atom. The third-order valence-electron chi connectivity index (χ3n) is 11.9. The molecule has 1 fully saturated rings. The van der Waals surface area contributed by atoms with Crippen LogP contribution in [0.15, 0.2) is 0 Å². The highest BCUT2D eigenvalue weighted by Gasteiger charge is 2.27. The van der Waals surface area contributed by atoms with Crippen LogP contribution in [0.3, 0.4) is 0 Å². The minimum absolute atomic E-state index is 0.0125. The lowest BCUT2D eigenvalue weighted by molar-refractivity contribution is -0.151. The molecule has 1 aliphatic carbocycles. The van der Waals surface area contributed by atoms with Crippen LogP contribution in [-0.4, -0.2) is 37.7 Å². The Morgan fingerprint density at radius 2 is 0.865 bits per heavy atom. The monoisotopic (exact) mass is 734 g/mol. The Morgan fingerprint density at radius 3 is 1.33 bits per heavy atom. The zero-order valence-corrected chi connectivity index (χ0v) is 35.6. The predicted octanol–water partition coefficient (Wildman–Crippen LogP) is 14.2. The molecule has 0 bridgehead atoms. The number of carbonyl (C=O) groups is 2. The number of nitrogens with one attached hydrogen (secondary N) is 1. The van der Waals surface area contributed by atoms with Gasteiger partial charge in [0.1, 0.15) is 0 Å². The van der Waals surface area contributed by atoms with Gasteiger partial charge in [-0.1, -0.05) is 175 Å². The molecule has 0 saturated heterocycles. The maximum atomic E-state index is 13.0. The van der Waals surface area contributed by atoms with Crippen molar-refractivity contribution in [2.24, 2.45) is 17.8 Å². The Labute approximate surface area is 325 Å². The molecule has 308 valence electrons. The first-order valence-electron chi connectivity index (χ1n) is 23.6. The lowest BCUT2D eigenvalue weighted by Crippen LogP contribution is -2.36. The van der Waals surface area contributed by atoms with Crippen molar-refractivity contribution in [1.82, 2.24) is 5.32 Å². The molecule has 0 atom stereocenters. The van der Waals surface area contributed by atoms with Crippen LogP contribution in [0.2, 0.25) is 0 Å². The number of esters is 2. The summed E-state index contributed by atoms with van der Waals surface area (Å²) in [5.74, 6) is 1.27. The van der Waals surface area contributed by atoms with Crippen LogP contribution < -0.4 is 5.32 Å². The van der Waals surface area contributed by atoms with Crippen LogP contribution in [0.5, 0.6) is 0 Å². The molecule has 5 nitrogen and oxygen atoms in total. The summed E-state index contributed by atoms with van der Waals surface area (Å²) in [6, 6.07) is 0.536. The van der Waals surface area contributed by atoms with Gasteiger partial charge in [-0.3, -0.25) is 9.59 Å². The molecule has 0 aliphatic heterocycles. The maximum absolute atomic E-state index is 13.0. The molecule has 1 N–H and O–H groups in total. The molecule has 0 spiro atoms. The Bertz CT molecular complexity index is 751. The molecular weight excluding hydrogens is 643 g/mol. The van der Waals surface area contributed by atoms with Crippen molar-refractivity contribution in [3.8, 4) is 0 Å². The van der Waals surface area contributed by atoms with Gasteiger partial charge in [0.05, 0.1) is 19.1 Å². The van der Waals surface area contributed by atoms with E-state index in [1.54, 1.807) is 0 Å². The third-order valence-corrected chi connectivity index (χ3v) is 11.9. The largest absolute Gasteiger partial charge is 0.465 e. The molecule has 0 heterocycles. The van der Waals surface area contributed by atoms with Crippen LogP contribution in [-0.2, 0) is 19.1 Å². The van der Waals surface area contributed by atoms with Crippen LogP contribution in [0.1, 0.15) is 246 Å². The van der Waals surface area contributed by atoms with Gasteiger partial charge in [0.15, 0.2) is 0 Å². The highest BCUT2D eigenvalue weighted by Crippen LogP contribution is 2.27. The van der Waals surface area contributed by atoms with Crippen LogP contribution >= 0.6 is 0 Å². The second-order valence-electron chi connectivity index (χ2n) is 16.9. The van der Waals surface area contributed by atoms with Crippen molar-refractivity contribution in [3.05, 3.63) is 0 Å². The van der Waals surface area contributed by atoms with E-state index in [9.17, 15) is 9.59 Å². The van der Waals surface area contributed by atoms with Gasteiger partial charge < -0.3 is 14.8 Å². The fraction of sp³-hybridized carbons (Fsp3) is 0.957. The van der Waals surface area contributed by atoms with Crippen LogP contribution in [0, 0.1) is 17.8 Å². The molecular formula is C47H91NO4. The predicted molar refractivity (Wildman–Crippen MR) is 224 cm³/mol. The summed E-state index contributed by atoms with van der Waals surface area (Å²) >= 11 is 0. The van der Waals surface area contributed by atoms with E-state index in [4.69, 9.17) is 9.47 Å². The van der Waals surface area contributed by atoms with E-state index in [2.05, 4.69) is 33.0 Å². The van der Waals surface area contributed by atoms with Crippen molar-refractivity contribution in [3.63, 3.8) is 0 Å². The summed E-state index contributed by atoms with van der Waals surface area (Å²) in [5, 5.41) is 3.77. The number of ether oxygens (including phenoxy) is 2. The molecule has 52 heavy (non-hydrogen) atoms. The lowest BCUT2D eigenvalue weighted by atomic mass is 9.86. The van der Waals surface area contributed by atoms with Gasteiger partial charge in [-0.25, -0.2) is 0 Å². The Balaban J connectivity index is 2.15. The normalized spacial score (nSPS) is 16.2. The molecule has 1 rings (SSSR count). The van der Waals surface area contributed by atoms with Gasteiger partial charge in [0, 0.05) is 12.5 Å². The zero-order chi connectivity index (χ0) is 37.7. The van der Waals surface area contributed by atoms with E-state index >= 15 is 0 Å².